The lowest BCUT2D eigenvalue weighted by molar-refractivity contribution is 0.600. The lowest BCUT2D eigenvalue weighted by Gasteiger charge is -2.08. The number of hydrogen-bond acceptors (Lipinski definition) is 2. The van der Waals surface area contributed by atoms with Crippen LogP contribution in [0.1, 0.15) is 11.1 Å². The predicted molar refractivity (Wildman–Crippen MR) is 74.9 cm³/mol. The summed E-state index contributed by atoms with van der Waals surface area (Å²) in [5, 5.41) is 0. The van der Waals surface area contributed by atoms with Gasteiger partial charge in [0.2, 0.25) is 0 Å². The van der Waals surface area contributed by atoms with E-state index in [1.165, 1.54) is 0 Å². The van der Waals surface area contributed by atoms with Crippen LogP contribution in [0, 0.1) is 13.8 Å². The Kier molecular flexibility index (Phi) is 4.22. The van der Waals surface area contributed by atoms with E-state index in [1.807, 2.05) is 71.2 Å². The number of alkyl halides is 2. The van der Waals surface area contributed by atoms with Crippen LogP contribution in [0.15, 0.2) is 23.1 Å². The molecule has 0 aliphatic heterocycles. The van der Waals surface area contributed by atoms with Gasteiger partial charge < -0.3 is 0 Å². The largest absolute Gasteiger partial charge is 0.222 e. The molecule has 0 saturated carbocycles. The highest BCUT2D eigenvalue weighted by Gasteiger charge is 2.23. The van der Waals surface area contributed by atoms with Crippen molar-refractivity contribution in [3.05, 3.63) is 29.3 Å². The van der Waals surface area contributed by atoms with Gasteiger partial charge in [0.15, 0.2) is 11.1 Å². The Morgan fingerprint density at radius 2 is 1.79 bits per heavy atom. The van der Waals surface area contributed by atoms with E-state index in [1.54, 1.807) is 6.07 Å². The standard InChI is InChI=1S/C9H10I2O2S/c1-6-3-4-8(7(2)5-6)14(12,13)9(10)11/h3-5,9H,1-2H3. The van der Waals surface area contributed by atoms with Crippen molar-refractivity contribution in [1.29, 1.82) is 0 Å². The monoisotopic (exact) mass is 436 g/mol. The summed E-state index contributed by atoms with van der Waals surface area (Å²) in [6.07, 6.45) is 0. The van der Waals surface area contributed by atoms with Crippen LogP contribution >= 0.6 is 45.2 Å². The van der Waals surface area contributed by atoms with Gasteiger partial charge in [0, 0.05) is 0 Å². The second-order valence-electron chi connectivity index (χ2n) is 3.07. The minimum atomic E-state index is -3.15. The summed E-state index contributed by atoms with van der Waals surface area (Å²) in [5.41, 5.74) is 1.91. The zero-order valence-electron chi connectivity index (χ0n) is 7.79. The topological polar surface area (TPSA) is 34.1 Å². The Morgan fingerprint density at radius 1 is 1.21 bits per heavy atom. The van der Waals surface area contributed by atoms with Crippen LogP contribution in [0.5, 0.6) is 0 Å². The van der Waals surface area contributed by atoms with Crippen molar-refractivity contribution < 1.29 is 8.42 Å². The first-order valence-electron chi connectivity index (χ1n) is 3.95. The maximum absolute atomic E-state index is 11.8. The minimum absolute atomic E-state index is 0.417. The van der Waals surface area contributed by atoms with Gasteiger partial charge in [-0.15, -0.1) is 0 Å². The van der Waals surface area contributed by atoms with Crippen molar-refractivity contribution in [2.24, 2.45) is 0 Å². The molecule has 0 aromatic heterocycles. The van der Waals surface area contributed by atoms with E-state index in [-0.39, 0.29) is 0 Å². The number of rotatable bonds is 2. The molecule has 1 aromatic carbocycles. The number of benzene rings is 1. The smallest absolute Gasteiger partial charge is 0.199 e. The molecule has 1 rings (SSSR count). The van der Waals surface area contributed by atoms with Crippen LogP contribution in [0.2, 0.25) is 0 Å². The molecule has 0 fully saturated rings. The third-order valence-electron chi connectivity index (χ3n) is 1.87. The normalized spacial score (nSPS) is 12.1. The van der Waals surface area contributed by atoms with E-state index in [4.69, 9.17) is 0 Å². The first-order chi connectivity index (χ1) is 6.35. The molecular formula is C9H10I2O2S. The van der Waals surface area contributed by atoms with Crippen molar-refractivity contribution in [3.63, 3.8) is 0 Å². The van der Waals surface area contributed by atoms with E-state index >= 15 is 0 Å². The molecule has 0 bridgehead atoms. The van der Waals surface area contributed by atoms with Gasteiger partial charge >= 0.3 is 0 Å². The lowest BCUT2D eigenvalue weighted by Crippen LogP contribution is -2.09. The molecule has 1 aromatic rings. The highest BCUT2D eigenvalue weighted by atomic mass is 127. The maximum atomic E-state index is 11.8. The van der Waals surface area contributed by atoms with Gasteiger partial charge in [-0.2, -0.15) is 0 Å². The van der Waals surface area contributed by atoms with Crippen molar-refractivity contribution in [3.8, 4) is 0 Å². The average Bonchev–Trinajstić information content (AvgIpc) is 2.02. The third kappa shape index (κ3) is 2.60. The molecule has 2 nitrogen and oxygen atoms in total. The zero-order chi connectivity index (χ0) is 10.9. The highest BCUT2D eigenvalue weighted by Crippen LogP contribution is 2.28. The molecule has 0 N–H and O–H groups in total. The summed E-state index contributed by atoms with van der Waals surface area (Å²) < 4.78 is 23.3. The second-order valence-corrected chi connectivity index (χ2v) is 11.6. The quantitative estimate of drug-likeness (QED) is 0.528. The van der Waals surface area contributed by atoms with Gasteiger partial charge in [-0.05, 0) is 25.5 Å². The van der Waals surface area contributed by atoms with Crippen LogP contribution in [0.25, 0.3) is 0 Å². The van der Waals surface area contributed by atoms with Crippen molar-refractivity contribution >= 4 is 55.0 Å². The van der Waals surface area contributed by atoms with Crippen LogP contribution in [0.4, 0.5) is 0 Å². The summed E-state index contributed by atoms with van der Waals surface area (Å²) >= 11 is 3.83. The fraction of sp³-hybridized carbons (Fsp3) is 0.333. The van der Waals surface area contributed by atoms with Crippen LogP contribution in [-0.2, 0) is 9.84 Å². The van der Waals surface area contributed by atoms with Crippen LogP contribution < -0.4 is 0 Å². The maximum Gasteiger partial charge on any atom is 0.199 e. The molecule has 0 heterocycles. The Hall–Kier alpha value is 0.630. The molecule has 78 valence electrons. The highest BCUT2D eigenvalue weighted by molar-refractivity contribution is 14.2. The lowest BCUT2D eigenvalue weighted by atomic mass is 10.2. The average molecular weight is 436 g/mol. The SMILES string of the molecule is Cc1ccc(S(=O)(=O)C(I)I)c(C)c1. The summed E-state index contributed by atoms with van der Waals surface area (Å²) in [5.74, 6) is 0. The fourth-order valence-electron chi connectivity index (χ4n) is 1.21. The molecule has 14 heavy (non-hydrogen) atoms. The Bertz CT molecular complexity index is 438. The Balaban J connectivity index is 3.35. The Labute approximate surface area is 112 Å². The molecular weight excluding hydrogens is 426 g/mol. The van der Waals surface area contributed by atoms with Gasteiger partial charge in [-0.25, -0.2) is 8.42 Å². The van der Waals surface area contributed by atoms with E-state index in [0.29, 0.717) is 4.90 Å². The molecule has 0 spiro atoms. The number of hydrogen-bond donors (Lipinski definition) is 0. The molecule has 0 radical (unpaired) electrons. The summed E-state index contributed by atoms with van der Waals surface area (Å²) in [4.78, 5) is 0.442. The summed E-state index contributed by atoms with van der Waals surface area (Å²) in [6, 6.07) is 5.41. The number of halogens is 2. The van der Waals surface area contributed by atoms with E-state index < -0.39 is 11.1 Å². The van der Waals surface area contributed by atoms with Gasteiger partial charge in [-0.1, -0.05) is 62.9 Å². The van der Waals surface area contributed by atoms with Gasteiger partial charge in [0.1, 0.15) is 0 Å². The van der Waals surface area contributed by atoms with Crippen molar-refractivity contribution in [1.82, 2.24) is 0 Å². The predicted octanol–water partition coefficient (Wildman–Crippen LogP) is 3.23. The van der Waals surface area contributed by atoms with Crippen LogP contribution in [0.3, 0.4) is 0 Å². The molecule has 0 atom stereocenters. The summed E-state index contributed by atoms with van der Waals surface area (Å²) in [6.45, 7) is 3.78. The first-order valence-corrected chi connectivity index (χ1v) is 7.99. The van der Waals surface area contributed by atoms with Gasteiger partial charge in [-0.3, -0.25) is 0 Å². The molecule has 5 heteroatoms. The third-order valence-corrected chi connectivity index (χ3v) is 7.43. The molecule has 0 saturated heterocycles. The second kappa shape index (κ2) is 4.65. The Morgan fingerprint density at radius 3 is 2.21 bits per heavy atom. The van der Waals surface area contributed by atoms with E-state index in [0.717, 1.165) is 11.1 Å². The van der Waals surface area contributed by atoms with Crippen molar-refractivity contribution in [2.45, 2.75) is 20.0 Å². The molecule has 0 aliphatic rings. The molecule has 0 unspecified atom stereocenters. The van der Waals surface area contributed by atoms with Gasteiger partial charge in [0.05, 0.1) is 4.90 Å². The fourth-order valence-corrected chi connectivity index (χ4v) is 3.82. The van der Waals surface area contributed by atoms with E-state index in [2.05, 4.69) is 0 Å². The minimum Gasteiger partial charge on any atom is -0.222 e. The summed E-state index contributed by atoms with van der Waals surface area (Å²) in [7, 11) is -3.15. The molecule has 0 aliphatic carbocycles. The number of sulfone groups is 1. The van der Waals surface area contributed by atoms with Crippen LogP contribution in [-0.4, -0.2) is 9.68 Å². The number of aryl methyl sites for hydroxylation is 2. The first kappa shape index (κ1) is 12.7. The molecule has 0 amide bonds. The van der Waals surface area contributed by atoms with E-state index in [9.17, 15) is 8.42 Å². The van der Waals surface area contributed by atoms with Gasteiger partial charge in [0.25, 0.3) is 0 Å². The zero-order valence-corrected chi connectivity index (χ0v) is 12.9. The van der Waals surface area contributed by atoms with Crippen molar-refractivity contribution in [2.75, 3.05) is 0 Å².